The first-order chi connectivity index (χ1) is 8.99. The number of carbonyl (C=O) groups excluding carboxylic acids is 1. The number of piperidine rings is 1. The van der Waals surface area contributed by atoms with Crippen molar-refractivity contribution in [3.05, 3.63) is 21.3 Å². The Kier molecular flexibility index (Phi) is 4.47. The number of carboxylic acid groups (broad SMARTS) is 1. The van der Waals surface area contributed by atoms with E-state index in [2.05, 4.69) is 0 Å². The lowest BCUT2D eigenvalue weighted by Crippen LogP contribution is -2.49. The lowest BCUT2D eigenvalue weighted by Gasteiger charge is -2.37. The van der Waals surface area contributed by atoms with E-state index in [1.54, 1.807) is 11.0 Å². The third-order valence-electron chi connectivity index (χ3n) is 3.58. The van der Waals surface area contributed by atoms with Gasteiger partial charge in [-0.2, -0.15) is 0 Å². The normalized spacial score (nSPS) is 23.4. The van der Waals surface area contributed by atoms with Gasteiger partial charge in [0, 0.05) is 17.5 Å². The predicted molar refractivity (Wildman–Crippen MR) is 74.6 cm³/mol. The van der Waals surface area contributed by atoms with Gasteiger partial charge in [0.15, 0.2) is 0 Å². The Morgan fingerprint density at radius 3 is 2.84 bits per heavy atom. The molecule has 6 heteroatoms. The molecule has 1 fully saturated rings. The van der Waals surface area contributed by atoms with Crippen molar-refractivity contribution in [3.8, 4) is 0 Å². The van der Waals surface area contributed by atoms with Crippen LogP contribution in [0.2, 0.25) is 4.34 Å². The van der Waals surface area contributed by atoms with Gasteiger partial charge in [-0.3, -0.25) is 9.59 Å². The quantitative estimate of drug-likeness (QED) is 0.934. The van der Waals surface area contributed by atoms with Gasteiger partial charge in [0.25, 0.3) is 0 Å². The molecule has 0 bridgehead atoms. The van der Waals surface area contributed by atoms with Crippen LogP contribution in [0.4, 0.5) is 0 Å². The molecule has 2 heterocycles. The van der Waals surface area contributed by atoms with Crippen LogP contribution in [0.1, 0.15) is 24.6 Å². The van der Waals surface area contributed by atoms with Crippen LogP contribution in [-0.2, 0) is 16.0 Å². The molecule has 1 N–H and O–H groups in total. The number of rotatable bonds is 3. The topological polar surface area (TPSA) is 57.6 Å². The van der Waals surface area contributed by atoms with Crippen LogP contribution in [0.3, 0.4) is 0 Å². The lowest BCUT2D eigenvalue weighted by molar-refractivity contribution is -0.148. The molecule has 1 aliphatic rings. The zero-order valence-electron chi connectivity index (χ0n) is 10.6. The van der Waals surface area contributed by atoms with Crippen LogP contribution in [0, 0.1) is 5.92 Å². The molecule has 2 rings (SSSR count). The van der Waals surface area contributed by atoms with Gasteiger partial charge in [-0.15, -0.1) is 11.3 Å². The van der Waals surface area contributed by atoms with Crippen LogP contribution >= 0.6 is 22.9 Å². The van der Waals surface area contributed by atoms with Gasteiger partial charge in [0.2, 0.25) is 5.91 Å². The standard InChI is InChI=1S/C13H16ClNO3S/c1-8-10(13(17)18)3-2-6-15(8)12(16)7-9-4-5-11(14)19-9/h4-5,8,10H,2-3,6-7H2,1H3,(H,17,18)/t8-,10-/m1/s1. The highest BCUT2D eigenvalue weighted by Gasteiger charge is 2.35. The fraction of sp³-hybridized carbons (Fsp3) is 0.538. The van der Waals surface area contributed by atoms with Crippen molar-refractivity contribution in [2.75, 3.05) is 6.54 Å². The third kappa shape index (κ3) is 3.28. The van der Waals surface area contributed by atoms with Crippen LogP contribution in [-0.4, -0.2) is 34.5 Å². The number of hydrogen-bond acceptors (Lipinski definition) is 3. The Hall–Kier alpha value is -1.07. The molecule has 19 heavy (non-hydrogen) atoms. The van der Waals surface area contributed by atoms with Gasteiger partial charge in [-0.1, -0.05) is 11.6 Å². The number of nitrogens with zero attached hydrogens (tertiary/aromatic N) is 1. The minimum absolute atomic E-state index is 0.0167. The van der Waals surface area contributed by atoms with Crippen LogP contribution < -0.4 is 0 Å². The van der Waals surface area contributed by atoms with E-state index >= 15 is 0 Å². The first kappa shape index (κ1) is 14.3. The maximum atomic E-state index is 12.3. The molecule has 1 amide bonds. The van der Waals surface area contributed by atoms with Crippen molar-refractivity contribution in [2.45, 2.75) is 32.2 Å². The molecule has 1 aromatic heterocycles. The summed E-state index contributed by atoms with van der Waals surface area (Å²) in [6, 6.07) is 3.37. The van der Waals surface area contributed by atoms with E-state index in [1.807, 2.05) is 13.0 Å². The number of carboxylic acids is 1. The summed E-state index contributed by atoms with van der Waals surface area (Å²) in [4.78, 5) is 26.0. The minimum Gasteiger partial charge on any atom is -0.481 e. The van der Waals surface area contributed by atoms with Crippen molar-refractivity contribution in [2.24, 2.45) is 5.92 Å². The summed E-state index contributed by atoms with van der Waals surface area (Å²) < 4.78 is 0.665. The summed E-state index contributed by atoms with van der Waals surface area (Å²) in [6.45, 7) is 2.46. The molecule has 0 aliphatic carbocycles. The number of likely N-dealkylation sites (tertiary alicyclic amines) is 1. The molecule has 4 nitrogen and oxygen atoms in total. The van der Waals surface area contributed by atoms with Gasteiger partial charge in [-0.05, 0) is 31.9 Å². The Bertz CT molecular complexity index is 488. The van der Waals surface area contributed by atoms with Gasteiger partial charge in [-0.25, -0.2) is 0 Å². The average molecular weight is 302 g/mol. The van der Waals surface area contributed by atoms with Crippen molar-refractivity contribution in [1.29, 1.82) is 0 Å². The van der Waals surface area contributed by atoms with Gasteiger partial charge in [0.05, 0.1) is 16.7 Å². The largest absolute Gasteiger partial charge is 0.481 e. The van der Waals surface area contributed by atoms with Crippen molar-refractivity contribution in [3.63, 3.8) is 0 Å². The molecule has 1 aliphatic heterocycles. The average Bonchev–Trinajstić information content (AvgIpc) is 2.74. The van der Waals surface area contributed by atoms with E-state index in [9.17, 15) is 9.59 Å². The number of amides is 1. The molecule has 2 atom stereocenters. The van der Waals surface area contributed by atoms with E-state index in [0.717, 1.165) is 11.3 Å². The summed E-state index contributed by atoms with van der Waals surface area (Å²) in [5.74, 6) is -1.29. The summed E-state index contributed by atoms with van der Waals surface area (Å²) in [5.41, 5.74) is 0. The molecule has 1 saturated heterocycles. The van der Waals surface area contributed by atoms with Gasteiger partial charge in [0.1, 0.15) is 0 Å². The van der Waals surface area contributed by atoms with Crippen LogP contribution in [0.15, 0.2) is 12.1 Å². The van der Waals surface area contributed by atoms with E-state index < -0.39 is 11.9 Å². The second-order valence-electron chi connectivity index (χ2n) is 4.80. The SMILES string of the molecule is C[C@@H]1[C@H](C(=O)O)CCCN1C(=O)Cc1ccc(Cl)s1. The minimum atomic E-state index is -0.816. The summed E-state index contributed by atoms with van der Waals surface area (Å²) in [7, 11) is 0. The van der Waals surface area contributed by atoms with Crippen LogP contribution in [0.5, 0.6) is 0 Å². The zero-order chi connectivity index (χ0) is 14.0. The van der Waals surface area contributed by atoms with Crippen molar-refractivity contribution >= 4 is 34.8 Å². The Morgan fingerprint density at radius 2 is 2.26 bits per heavy atom. The zero-order valence-corrected chi connectivity index (χ0v) is 12.2. The smallest absolute Gasteiger partial charge is 0.308 e. The summed E-state index contributed by atoms with van der Waals surface area (Å²) >= 11 is 7.23. The number of hydrogen-bond donors (Lipinski definition) is 1. The fourth-order valence-electron chi connectivity index (χ4n) is 2.52. The molecule has 104 valence electrons. The van der Waals surface area contributed by atoms with E-state index in [-0.39, 0.29) is 11.9 Å². The highest BCUT2D eigenvalue weighted by atomic mass is 35.5. The monoisotopic (exact) mass is 301 g/mol. The Morgan fingerprint density at radius 1 is 1.53 bits per heavy atom. The maximum Gasteiger partial charge on any atom is 0.308 e. The van der Waals surface area contributed by atoms with Gasteiger partial charge < -0.3 is 10.0 Å². The van der Waals surface area contributed by atoms with Crippen molar-refractivity contribution in [1.82, 2.24) is 4.90 Å². The summed E-state index contributed by atoms with van der Waals surface area (Å²) in [6.07, 6.45) is 1.69. The maximum absolute atomic E-state index is 12.3. The molecule has 0 spiro atoms. The molecule has 0 saturated carbocycles. The number of thiophene rings is 1. The number of aliphatic carboxylic acids is 1. The molecular formula is C13H16ClNO3S. The Labute approximate surface area is 121 Å². The predicted octanol–water partition coefficient (Wildman–Crippen LogP) is 2.66. The summed E-state index contributed by atoms with van der Waals surface area (Å²) in [5, 5.41) is 9.15. The van der Waals surface area contributed by atoms with E-state index in [1.165, 1.54) is 11.3 Å². The van der Waals surface area contributed by atoms with Crippen LogP contribution in [0.25, 0.3) is 0 Å². The first-order valence-electron chi connectivity index (χ1n) is 6.25. The molecule has 1 aromatic rings. The fourth-order valence-corrected chi connectivity index (χ4v) is 3.60. The molecule has 0 radical (unpaired) electrons. The Balaban J connectivity index is 2.03. The molecule has 0 unspecified atom stereocenters. The lowest BCUT2D eigenvalue weighted by atomic mass is 9.90. The number of halogens is 1. The van der Waals surface area contributed by atoms with E-state index in [4.69, 9.17) is 16.7 Å². The molecular weight excluding hydrogens is 286 g/mol. The molecule has 0 aromatic carbocycles. The second-order valence-corrected chi connectivity index (χ2v) is 6.60. The highest BCUT2D eigenvalue weighted by molar-refractivity contribution is 7.16. The number of carbonyl (C=O) groups is 2. The van der Waals surface area contributed by atoms with Gasteiger partial charge >= 0.3 is 5.97 Å². The van der Waals surface area contributed by atoms with Crippen molar-refractivity contribution < 1.29 is 14.7 Å². The second kappa shape index (κ2) is 5.92. The highest BCUT2D eigenvalue weighted by Crippen LogP contribution is 2.26. The third-order valence-corrected chi connectivity index (χ3v) is 4.81. The first-order valence-corrected chi connectivity index (χ1v) is 7.45. The van der Waals surface area contributed by atoms with E-state index in [0.29, 0.717) is 23.7 Å².